The second-order valence-corrected chi connectivity index (χ2v) is 6.97. The maximum Gasteiger partial charge on any atom is 0.411 e. The van der Waals surface area contributed by atoms with E-state index in [1.165, 1.54) is 17.0 Å². The quantitative estimate of drug-likeness (QED) is 0.881. The Morgan fingerprint density at radius 1 is 1.30 bits per heavy atom. The number of hydrogen-bond donors (Lipinski definition) is 1. The summed E-state index contributed by atoms with van der Waals surface area (Å²) in [5, 5.41) is 9.55. The zero-order chi connectivity index (χ0) is 17.4. The Balaban J connectivity index is 2.37. The number of likely N-dealkylation sites (tertiary alicyclic amines) is 1. The molecule has 0 aromatic heterocycles. The second kappa shape index (κ2) is 6.35. The number of carbonyl (C=O) groups excluding carboxylic acids is 1. The Bertz CT molecular complexity index is 609. The number of aliphatic carboxylic acids is 1. The van der Waals surface area contributed by atoms with Crippen LogP contribution in [0.5, 0.6) is 0 Å². The molecule has 1 N–H and O–H groups in total. The number of halogens is 2. The van der Waals surface area contributed by atoms with Gasteiger partial charge in [0.15, 0.2) is 0 Å². The first-order chi connectivity index (χ1) is 10.6. The standard InChI is InChI=1S/C16H19ClFNO4/c1-16(2,3)23-15(22)19-12(4-5-13(19)14(20)21)9-6-10(17)8-11(18)7-9/h6-8,12-13H,4-5H2,1-3H3,(H,20,21)/t12-,13+/m0/s1. The van der Waals surface area contributed by atoms with Crippen molar-refractivity contribution in [2.75, 3.05) is 0 Å². The summed E-state index contributed by atoms with van der Waals surface area (Å²) in [6.07, 6.45) is -0.0589. The molecule has 0 aliphatic carbocycles. The fourth-order valence-electron chi connectivity index (χ4n) is 2.72. The van der Waals surface area contributed by atoms with Crippen LogP contribution in [0.25, 0.3) is 0 Å². The number of benzene rings is 1. The van der Waals surface area contributed by atoms with Gasteiger partial charge in [0.2, 0.25) is 0 Å². The lowest BCUT2D eigenvalue weighted by Crippen LogP contribution is -2.44. The van der Waals surface area contributed by atoms with Crippen molar-refractivity contribution in [3.05, 3.63) is 34.6 Å². The highest BCUT2D eigenvalue weighted by molar-refractivity contribution is 6.30. The van der Waals surface area contributed by atoms with Crippen LogP contribution in [0.15, 0.2) is 18.2 Å². The summed E-state index contributed by atoms with van der Waals surface area (Å²) in [5.74, 6) is -1.64. The molecule has 7 heteroatoms. The molecule has 1 aromatic rings. The Morgan fingerprint density at radius 3 is 2.48 bits per heavy atom. The van der Waals surface area contributed by atoms with E-state index in [0.717, 1.165) is 6.07 Å². The van der Waals surface area contributed by atoms with Gasteiger partial charge < -0.3 is 9.84 Å². The summed E-state index contributed by atoms with van der Waals surface area (Å²) in [6, 6.07) is 2.37. The third-order valence-corrected chi connectivity index (χ3v) is 3.76. The largest absolute Gasteiger partial charge is 0.480 e. The van der Waals surface area contributed by atoms with E-state index in [2.05, 4.69) is 0 Å². The van der Waals surface area contributed by atoms with Gasteiger partial charge in [-0.25, -0.2) is 14.0 Å². The average molecular weight is 344 g/mol. The molecule has 1 aliphatic rings. The lowest BCUT2D eigenvalue weighted by Gasteiger charge is -2.31. The third kappa shape index (κ3) is 4.13. The van der Waals surface area contributed by atoms with E-state index in [1.807, 2.05) is 0 Å². The lowest BCUT2D eigenvalue weighted by molar-refractivity contribution is -0.142. The lowest BCUT2D eigenvalue weighted by atomic mass is 10.0. The van der Waals surface area contributed by atoms with Crippen LogP contribution in [0.1, 0.15) is 45.2 Å². The number of carboxylic acid groups (broad SMARTS) is 1. The van der Waals surface area contributed by atoms with E-state index in [1.54, 1.807) is 20.8 Å². The van der Waals surface area contributed by atoms with Gasteiger partial charge >= 0.3 is 12.1 Å². The highest BCUT2D eigenvalue weighted by Crippen LogP contribution is 2.38. The monoisotopic (exact) mass is 343 g/mol. The van der Waals surface area contributed by atoms with Gasteiger partial charge in [0, 0.05) is 5.02 Å². The Labute approximate surface area is 139 Å². The van der Waals surface area contributed by atoms with E-state index >= 15 is 0 Å². The van der Waals surface area contributed by atoms with E-state index < -0.39 is 35.6 Å². The molecule has 5 nitrogen and oxygen atoms in total. The molecule has 1 saturated heterocycles. The third-order valence-electron chi connectivity index (χ3n) is 3.54. The molecule has 1 aliphatic heterocycles. The molecular formula is C16H19ClFNO4. The van der Waals surface area contributed by atoms with Gasteiger partial charge in [-0.1, -0.05) is 11.6 Å². The van der Waals surface area contributed by atoms with Crippen LogP contribution >= 0.6 is 11.6 Å². The topological polar surface area (TPSA) is 66.8 Å². The summed E-state index contributed by atoms with van der Waals surface area (Å²) in [4.78, 5) is 25.1. The minimum Gasteiger partial charge on any atom is -0.480 e. The summed E-state index contributed by atoms with van der Waals surface area (Å²) in [7, 11) is 0. The number of ether oxygens (including phenoxy) is 1. The molecule has 23 heavy (non-hydrogen) atoms. The van der Waals surface area contributed by atoms with Crippen LogP contribution in [0.4, 0.5) is 9.18 Å². The van der Waals surface area contributed by atoms with Crippen molar-refractivity contribution in [3.63, 3.8) is 0 Å². The normalized spacial score (nSPS) is 21.3. The molecule has 1 heterocycles. The van der Waals surface area contributed by atoms with Gasteiger partial charge in [-0.3, -0.25) is 4.90 Å². The van der Waals surface area contributed by atoms with Gasteiger partial charge in [-0.15, -0.1) is 0 Å². The van der Waals surface area contributed by atoms with Crippen LogP contribution in [-0.2, 0) is 9.53 Å². The fraction of sp³-hybridized carbons (Fsp3) is 0.500. The summed E-state index contributed by atoms with van der Waals surface area (Å²) in [6.45, 7) is 5.10. The predicted molar refractivity (Wildman–Crippen MR) is 82.9 cm³/mol. The zero-order valence-electron chi connectivity index (χ0n) is 13.2. The zero-order valence-corrected chi connectivity index (χ0v) is 13.9. The van der Waals surface area contributed by atoms with E-state index in [-0.39, 0.29) is 11.4 Å². The first kappa shape index (κ1) is 17.5. The first-order valence-electron chi connectivity index (χ1n) is 7.28. The molecule has 2 atom stereocenters. The van der Waals surface area contributed by atoms with Gasteiger partial charge in [-0.2, -0.15) is 0 Å². The molecule has 1 amide bonds. The average Bonchev–Trinajstić information content (AvgIpc) is 2.80. The van der Waals surface area contributed by atoms with Crippen molar-refractivity contribution in [1.82, 2.24) is 4.90 Å². The SMILES string of the molecule is CC(C)(C)OC(=O)N1[C@@H](C(=O)O)CC[C@H]1c1cc(F)cc(Cl)c1. The Morgan fingerprint density at radius 2 is 1.96 bits per heavy atom. The first-order valence-corrected chi connectivity index (χ1v) is 7.66. The number of hydrogen-bond acceptors (Lipinski definition) is 3. The molecule has 0 unspecified atom stereocenters. The maximum atomic E-state index is 13.6. The molecule has 0 bridgehead atoms. The van der Waals surface area contributed by atoms with Gasteiger partial charge in [0.05, 0.1) is 6.04 Å². The predicted octanol–water partition coefficient (Wildman–Crippen LogP) is 4.00. The minimum absolute atomic E-state index is 0.197. The highest BCUT2D eigenvalue weighted by atomic mass is 35.5. The summed E-state index contributed by atoms with van der Waals surface area (Å²) in [5.41, 5.74) is -0.294. The molecule has 0 spiro atoms. The van der Waals surface area contributed by atoms with Crippen LogP contribution < -0.4 is 0 Å². The molecule has 0 saturated carbocycles. The van der Waals surface area contributed by atoms with Crippen molar-refractivity contribution in [2.45, 2.75) is 51.3 Å². The van der Waals surface area contributed by atoms with Crippen LogP contribution in [0, 0.1) is 5.82 Å². The van der Waals surface area contributed by atoms with Crippen molar-refractivity contribution in [2.24, 2.45) is 0 Å². The number of amides is 1. The van der Waals surface area contributed by atoms with Gasteiger partial charge in [0.25, 0.3) is 0 Å². The molecule has 126 valence electrons. The number of rotatable bonds is 2. The number of carbonyl (C=O) groups is 2. The molecular weight excluding hydrogens is 325 g/mol. The maximum absolute atomic E-state index is 13.6. The molecule has 1 fully saturated rings. The van der Waals surface area contributed by atoms with Crippen LogP contribution in [-0.4, -0.2) is 33.7 Å². The fourth-order valence-corrected chi connectivity index (χ4v) is 2.95. The summed E-state index contributed by atoms with van der Waals surface area (Å²) < 4.78 is 18.9. The van der Waals surface area contributed by atoms with Crippen LogP contribution in [0.2, 0.25) is 5.02 Å². The second-order valence-electron chi connectivity index (χ2n) is 6.54. The van der Waals surface area contributed by atoms with Crippen molar-refractivity contribution >= 4 is 23.7 Å². The molecule has 0 radical (unpaired) electrons. The van der Waals surface area contributed by atoms with E-state index in [9.17, 15) is 19.1 Å². The van der Waals surface area contributed by atoms with Gasteiger partial charge in [-0.05, 0) is 57.4 Å². The summed E-state index contributed by atoms with van der Waals surface area (Å²) >= 11 is 5.87. The van der Waals surface area contributed by atoms with E-state index in [4.69, 9.17) is 16.3 Å². The van der Waals surface area contributed by atoms with Crippen molar-refractivity contribution in [3.8, 4) is 0 Å². The number of carboxylic acids is 1. The number of nitrogens with zero attached hydrogens (tertiary/aromatic N) is 1. The highest BCUT2D eigenvalue weighted by Gasteiger charge is 2.43. The molecule has 1 aromatic carbocycles. The van der Waals surface area contributed by atoms with E-state index in [0.29, 0.717) is 12.0 Å². The van der Waals surface area contributed by atoms with Crippen molar-refractivity contribution < 1.29 is 23.8 Å². The van der Waals surface area contributed by atoms with Crippen molar-refractivity contribution in [1.29, 1.82) is 0 Å². The Hall–Kier alpha value is -1.82. The smallest absolute Gasteiger partial charge is 0.411 e. The van der Waals surface area contributed by atoms with Gasteiger partial charge in [0.1, 0.15) is 17.5 Å². The van der Waals surface area contributed by atoms with Crippen LogP contribution in [0.3, 0.4) is 0 Å². The minimum atomic E-state index is -1.11. The molecule has 2 rings (SSSR count). The Kier molecular flexibility index (Phi) is 4.84.